The van der Waals surface area contributed by atoms with Gasteiger partial charge < -0.3 is 9.13 Å². The van der Waals surface area contributed by atoms with Gasteiger partial charge >= 0.3 is 0 Å². The molecule has 0 bridgehead atoms. The fourth-order valence-corrected chi connectivity index (χ4v) is 15.3. The summed E-state index contributed by atoms with van der Waals surface area (Å²) in [7, 11) is 0. The Kier molecular flexibility index (Phi) is 10.4. The molecule has 4 nitrogen and oxygen atoms in total. The van der Waals surface area contributed by atoms with Crippen LogP contribution in [0.25, 0.3) is 151 Å². The number of benzene rings is 12. The molecule has 0 N–H and O–H groups in total. The van der Waals surface area contributed by atoms with Crippen molar-refractivity contribution in [3.63, 3.8) is 0 Å². The maximum Gasteiger partial charge on any atom is 0.102 e. The highest BCUT2D eigenvalue weighted by Gasteiger charge is 2.34. The molecule has 80 heavy (non-hydrogen) atoms. The molecule has 0 aliphatic heterocycles. The number of fused-ring (bicyclic) bond motifs is 14. The minimum atomic E-state index is 0.411. The minimum Gasteiger partial charge on any atom is -0.307 e. The van der Waals surface area contributed by atoms with Gasteiger partial charge in [0.05, 0.1) is 54.0 Å². The summed E-state index contributed by atoms with van der Waals surface area (Å²) in [5.74, 6) is 0. The molecule has 4 heterocycles. The maximum absolute atomic E-state index is 12.6. The molecule has 0 unspecified atom stereocenters. The molecule has 16 rings (SSSR count). The standard InChI is InChI=1S/C74H42N4S2/c75-43-60-66(48-27-11-4-12-28-48)61(44-76)70(67(69(60)77-62-33-17-13-29-52(62)53-30-14-18-34-63(53)77)51-40-49(45-21-5-1-6-22-45)39-50(41-51)46-23-7-2-8-24-46)78-71-57(38-37-56-54-31-15-19-35-64(54)79-73(56)71)68-58(47-25-9-3-10-26-47)42-59-55-32-16-20-36-65(55)80-74(59)72(68)78/h1-42H. The summed E-state index contributed by atoms with van der Waals surface area (Å²) in [5.41, 5.74) is 15.5. The summed E-state index contributed by atoms with van der Waals surface area (Å²) < 4.78 is 9.41. The normalized spacial score (nSPS) is 11.7. The van der Waals surface area contributed by atoms with Crippen LogP contribution < -0.4 is 0 Å². The number of para-hydroxylation sites is 2. The Morgan fingerprint density at radius 3 is 1.27 bits per heavy atom. The van der Waals surface area contributed by atoms with Crippen LogP contribution in [-0.2, 0) is 0 Å². The highest BCUT2D eigenvalue weighted by Crippen LogP contribution is 2.55. The van der Waals surface area contributed by atoms with Crippen molar-refractivity contribution in [3.8, 4) is 79.1 Å². The largest absolute Gasteiger partial charge is 0.307 e. The molecular formula is C74H42N4S2. The number of nitriles is 2. The predicted octanol–water partition coefficient (Wildman–Crippen LogP) is 20.7. The minimum absolute atomic E-state index is 0.411. The van der Waals surface area contributed by atoms with Crippen LogP contribution in [0.2, 0.25) is 0 Å². The molecule has 0 spiro atoms. The lowest BCUT2D eigenvalue weighted by atomic mass is 9.84. The predicted molar refractivity (Wildman–Crippen MR) is 338 cm³/mol. The second-order valence-electron chi connectivity index (χ2n) is 20.4. The summed E-state index contributed by atoms with van der Waals surface area (Å²) in [4.78, 5) is 0. The highest BCUT2D eigenvalue weighted by molar-refractivity contribution is 7.27. The fraction of sp³-hybridized carbons (Fsp3) is 0. The SMILES string of the molecule is N#Cc1c(-c2ccccc2)c(C#N)c(-n2c3c(ccc4c5ccccc5sc43)c3c(-c4ccccc4)cc4c5ccccc5sc4c32)c(-c2cc(-c3ccccc3)cc(-c3ccccc3)c2)c1-n1c2ccccc2c2ccccc21. The third kappa shape index (κ3) is 6.77. The first-order chi connectivity index (χ1) is 39.6. The van der Waals surface area contributed by atoms with Crippen molar-refractivity contribution in [1.82, 2.24) is 9.13 Å². The molecular weight excluding hydrogens is 1010 g/mol. The van der Waals surface area contributed by atoms with Gasteiger partial charge in [-0.15, -0.1) is 22.7 Å². The van der Waals surface area contributed by atoms with E-state index >= 15 is 0 Å². The summed E-state index contributed by atoms with van der Waals surface area (Å²) in [6.07, 6.45) is 0. The van der Waals surface area contributed by atoms with Crippen molar-refractivity contribution in [1.29, 1.82) is 10.5 Å². The van der Waals surface area contributed by atoms with E-state index in [0.717, 1.165) is 114 Å². The first kappa shape index (κ1) is 45.8. The zero-order chi connectivity index (χ0) is 53.0. The van der Waals surface area contributed by atoms with Crippen LogP contribution in [0.1, 0.15) is 11.1 Å². The van der Waals surface area contributed by atoms with Crippen LogP contribution in [-0.4, -0.2) is 9.13 Å². The smallest absolute Gasteiger partial charge is 0.102 e. The van der Waals surface area contributed by atoms with Gasteiger partial charge in [-0.25, -0.2) is 0 Å². The van der Waals surface area contributed by atoms with E-state index in [1.807, 2.05) is 30.3 Å². The number of rotatable bonds is 7. The topological polar surface area (TPSA) is 57.4 Å². The van der Waals surface area contributed by atoms with Gasteiger partial charge in [-0.2, -0.15) is 10.5 Å². The van der Waals surface area contributed by atoms with Crippen LogP contribution in [0.5, 0.6) is 0 Å². The molecule has 0 amide bonds. The van der Waals surface area contributed by atoms with Crippen molar-refractivity contribution in [2.45, 2.75) is 0 Å². The number of nitrogens with zero attached hydrogens (tertiary/aromatic N) is 4. The Bertz CT molecular complexity index is 5190. The van der Waals surface area contributed by atoms with Crippen LogP contribution in [0.4, 0.5) is 0 Å². The van der Waals surface area contributed by atoms with Gasteiger partial charge in [0.15, 0.2) is 0 Å². The molecule has 0 aliphatic rings. The number of thiophene rings is 2. The Balaban J connectivity index is 1.24. The lowest BCUT2D eigenvalue weighted by Gasteiger charge is -2.26. The molecule has 370 valence electrons. The Hall–Kier alpha value is -10.3. The molecule has 12 aromatic carbocycles. The average Bonchev–Trinajstić information content (AvgIpc) is 4.28. The van der Waals surface area contributed by atoms with Crippen LogP contribution in [0, 0.1) is 22.7 Å². The summed E-state index contributed by atoms with van der Waals surface area (Å²) in [5, 5.41) is 34.0. The zero-order valence-electron chi connectivity index (χ0n) is 42.9. The van der Waals surface area contributed by atoms with E-state index in [-0.39, 0.29) is 0 Å². The van der Waals surface area contributed by atoms with E-state index in [0.29, 0.717) is 28.1 Å². The third-order valence-corrected chi connectivity index (χ3v) is 18.5. The first-order valence-corrected chi connectivity index (χ1v) is 28.4. The Morgan fingerprint density at radius 1 is 0.300 bits per heavy atom. The van der Waals surface area contributed by atoms with Gasteiger partial charge in [-0.05, 0) is 93.0 Å². The third-order valence-electron chi connectivity index (χ3n) is 16.2. The van der Waals surface area contributed by atoms with Crippen molar-refractivity contribution in [2.75, 3.05) is 0 Å². The van der Waals surface area contributed by atoms with E-state index in [9.17, 15) is 10.5 Å². The monoisotopic (exact) mass is 1050 g/mol. The van der Waals surface area contributed by atoms with E-state index in [1.54, 1.807) is 22.7 Å². The van der Waals surface area contributed by atoms with E-state index in [2.05, 4.69) is 246 Å². The molecule has 4 aromatic heterocycles. The maximum atomic E-state index is 12.6. The van der Waals surface area contributed by atoms with Crippen molar-refractivity contribution >= 4 is 107 Å². The van der Waals surface area contributed by atoms with E-state index < -0.39 is 0 Å². The van der Waals surface area contributed by atoms with Gasteiger partial charge in [-0.3, -0.25) is 0 Å². The zero-order valence-corrected chi connectivity index (χ0v) is 44.5. The highest BCUT2D eigenvalue weighted by atomic mass is 32.1. The lowest BCUT2D eigenvalue weighted by molar-refractivity contribution is 1.13. The Labute approximate surface area is 468 Å². The fourth-order valence-electron chi connectivity index (χ4n) is 12.8. The molecule has 0 radical (unpaired) electrons. The molecule has 0 aliphatic carbocycles. The molecule has 0 saturated heterocycles. The number of hydrogen-bond acceptors (Lipinski definition) is 4. The molecule has 6 heteroatoms. The number of aromatic nitrogens is 2. The number of hydrogen-bond donors (Lipinski definition) is 0. The molecule has 16 aromatic rings. The van der Waals surface area contributed by atoms with E-state index in [4.69, 9.17) is 0 Å². The first-order valence-electron chi connectivity index (χ1n) is 26.8. The molecule has 0 atom stereocenters. The van der Waals surface area contributed by atoms with Crippen LogP contribution >= 0.6 is 22.7 Å². The lowest BCUT2D eigenvalue weighted by Crippen LogP contribution is -2.11. The van der Waals surface area contributed by atoms with Gasteiger partial charge in [0.25, 0.3) is 0 Å². The van der Waals surface area contributed by atoms with Crippen molar-refractivity contribution < 1.29 is 0 Å². The summed E-state index contributed by atoms with van der Waals surface area (Å²) in [6.45, 7) is 0. The van der Waals surface area contributed by atoms with E-state index in [1.165, 1.54) is 20.2 Å². The van der Waals surface area contributed by atoms with Gasteiger partial charge in [-0.1, -0.05) is 206 Å². The molecule has 0 saturated carbocycles. The van der Waals surface area contributed by atoms with Crippen LogP contribution in [0.15, 0.2) is 255 Å². The van der Waals surface area contributed by atoms with Crippen molar-refractivity contribution in [2.24, 2.45) is 0 Å². The van der Waals surface area contributed by atoms with Crippen LogP contribution in [0.3, 0.4) is 0 Å². The van der Waals surface area contributed by atoms with Gasteiger partial charge in [0, 0.05) is 63.6 Å². The molecule has 0 fully saturated rings. The summed E-state index contributed by atoms with van der Waals surface area (Å²) >= 11 is 3.60. The quantitative estimate of drug-likeness (QED) is 0.160. The second-order valence-corrected chi connectivity index (χ2v) is 22.6. The average molecular weight is 1050 g/mol. The van der Waals surface area contributed by atoms with Crippen molar-refractivity contribution in [3.05, 3.63) is 266 Å². The second kappa shape index (κ2) is 18.1. The Morgan fingerprint density at radius 2 is 0.725 bits per heavy atom. The summed E-state index contributed by atoms with van der Waals surface area (Å²) in [6, 6.07) is 96.2. The van der Waals surface area contributed by atoms with Gasteiger partial charge in [0.1, 0.15) is 12.1 Å². The van der Waals surface area contributed by atoms with Gasteiger partial charge in [0.2, 0.25) is 0 Å².